The van der Waals surface area contributed by atoms with Crippen LogP contribution in [0.4, 0.5) is 0 Å². The average molecular weight is 374 g/mol. The minimum atomic E-state index is -3.62. The van der Waals surface area contributed by atoms with Crippen molar-refractivity contribution in [3.8, 4) is 5.75 Å². The van der Waals surface area contributed by atoms with Gasteiger partial charge in [0.05, 0.1) is 22.6 Å². The first-order chi connectivity index (χ1) is 11.4. The monoisotopic (exact) mass is 373 g/mol. The zero-order valence-corrected chi connectivity index (χ0v) is 15.4. The fourth-order valence-corrected chi connectivity index (χ4v) is 5.74. The Kier molecular flexibility index (Phi) is 5.12. The van der Waals surface area contributed by atoms with Crippen molar-refractivity contribution < 1.29 is 18.3 Å². The molecule has 1 aliphatic carbocycles. The van der Waals surface area contributed by atoms with Crippen LogP contribution < -0.4 is 4.74 Å². The quantitative estimate of drug-likeness (QED) is 0.880. The third kappa shape index (κ3) is 3.17. The van der Waals surface area contributed by atoms with Gasteiger partial charge in [-0.15, -0.1) is 0 Å². The lowest BCUT2D eigenvalue weighted by molar-refractivity contribution is 0.0127. The van der Waals surface area contributed by atoms with Gasteiger partial charge >= 0.3 is 0 Å². The summed E-state index contributed by atoms with van der Waals surface area (Å²) in [5.74, 6) is 0.382. The van der Waals surface area contributed by atoms with Crippen molar-refractivity contribution in [3.63, 3.8) is 0 Å². The summed E-state index contributed by atoms with van der Waals surface area (Å²) in [7, 11) is -3.62. The highest BCUT2D eigenvalue weighted by Crippen LogP contribution is 2.46. The van der Waals surface area contributed by atoms with Crippen molar-refractivity contribution in [1.29, 1.82) is 0 Å². The molecule has 2 fully saturated rings. The average Bonchev–Trinajstić information content (AvgIpc) is 2.90. The number of nitrogens with zero attached hydrogens (tertiary/aromatic N) is 1. The smallest absolute Gasteiger partial charge is 0.243 e. The zero-order chi connectivity index (χ0) is 17.4. The standard InChI is InChI=1S/C17H24ClNO4S/c1-2-23-15-11-13(6-7-14(15)18)24(21,22)19-10-4-9-17(12-19)8-3-5-16(17)20/h6-7,11,16,20H,2-5,8-10,12H2,1H3/t16-,17+/m1/s1. The molecule has 0 amide bonds. The van der Waals surface area contributed by atoms with Crippen LogP contribution in [0.5, 0.6) is 5.75 Å². The summed E-state index contributed by atoms with van der Waals surface area (Å²) in [6.45, 7) is 3.13. The number of halogens is 1. The molecule has 1 saturated heterocycles. The number of hydrogen-bond acceptors (Lipinski definition) is 4. The number of hydrogen-bond donors (Lipinski definition) is 1. The highest BCUT2D eigenvalue weighted by atomic mass is 35.5. The molecule has 1 N–H and O–H groups in total. The van der Waals surface area contributed by atoms with E-state index in [1.54, 1.807) is 6.07 Å². The second kappa shape index (κ2) is 6.83. The molecule has 24 heavy (non-hydrogen) atoms. The molecule has 1 aliphatic heterocycles. The van der Waals surface area contributed by atoms with Gasteiger partial charge in [0.2, 0.25) is 10.0 Å². The second-order valence-electron chi connectivity index (χ2n) is 6.74. The van der Waals surface area contributed by atoms with Crippen LogP contribution in [-0.2, 0) is 10.0 Å². The van der Waals surface area contributed by atoms with Gasteiger partial charge in [0.15, 0.2) is 0 Å². The maximum absolute atomic E-state index is 13.0. The van der Waals surface area contributed by atoms with E-state index in [0.717, 1.165) is 32.1 Å². The number of sulfonamides is 1. The van der Waals surface area contributed by atoms with Gasteiger partial charge in [-0.1, -0.05) is 18.0 Å². The van der Waals surface area contributed by atoms with E-state index in [1.165, 1.54) is 16.4 Å². The number of aliphatic hydroxyl groups excluding tert-OH is 1. The van der Waals surface area contributed by atoms with Crippen molar-refractivity contribution in [3.05, 3.63) is 23.2 Å². The lowest BCUT2D eigenvalue weighted by Gasteiger charge is -2.41. The summed E-state index contributed by atoms with van der Waals surface area (Å²) in [5.41, 5.74) is -0.277. The van der Waals surface area contributed by atoms with E-state index < -0.39 is 16.1 Å². The third-order valence-corrected chi connectivity index (χ3v) is 7.43. The molecule has 0 unspecified atom stereocenters. The van der Waals surface area contributed by atoms with Crippen LogP contribution in [0.25, 0.3) is 0 Å². The Balaban J connectivity index is 1.89. The highest BCUT2D eigenvalue weighted by molar-refractivity contribution is 7.89. The Hall–Kier alpha value is -0.820. The van der Waals surface area contributed by atoms with Gasteiger partial charge in [0.25, 0.3) is 0 Å². The number of rotatable bonds is 4. The zero-order valence-electron chi connectivity index (χ0n) is 13.9. The van der Waals surface area contributed by atoms with E-state index in [2.05, 4.69) is 0 Å². The molecule has 0 bridgehead atoms. The van der Waals surface area contributed by atoms with Crippen molar-refractivity contribution in [2.45, 2.75) is 50.0 Å². The minimum Gasteiger partial charge on any atom is -0.492 e. The van der Waals surface area contributed by atoms with Gasteiger partial charge < -0.3 is 9.84 Å². The van der Waals surface area contributed by atoms with Crippen molar-refractivity contribution in [2.75, 3.05) is 19.7 Å². The van der Waals surface area contributed by atoms with Crippen LogP contribution in [0.15, 0.2) is 23.1 Å². The Morgan fingerprint density at radius 1 is 1.38 bits per heavy atom. The molecule has 5 nitrogen and oxygen atoms in total. The molecular weight excluding hydrogens is 350 g/mol. The van der Waals surface area contributed by atoms with Crippen LogP contribution in [0.2, 0.25) is 5.02 Å². The lowest BCUT2D eigenvalue weighted by Crippen LogP contribution is -2.49. The Morgan fingerprint density at radius 3 is 2.79 bits per heavy atom. The van der Waals surface area contributed by atoms with Gasteiger partial charge in [0.1, 0.15) is 5.75 Å². The Morgan fingerprint density at radius 2 is 2.12 bits per heavy atom. The molecule has 1 spiro atoms. The molecule has 1 saturated carbocycles. The SMILES string of the molecule is CCOc1cc(S(=O)(=O)N2CCC[C@@]3(CCC[C@H]3O)C2)ccc1Cl. The minimum absolute atomic E-state index is 0.194. The lowest BCUT2D eigenvalue weighted by atomic mass is 9.77. The predicted molar refractivity (Wildman–Crippen MR) is 92.9 cm³/mol. The van der Waals surface area contributed by atoms with E-state index in [-0.39, 0.29) is 10.3 Å². The van der Waals surface area contributed by atoms with E-state index >= 15 is 0 Å². The largest absolute Gasteiger partial charge is 0.492 e. The molecule has 1 aromatic carbocycles. The molecule has 3 rings (SSSR count). The topological polar surface area (TPSA) is 66.8 Å². The van der Waals surface area contributed by atoms with Gasteiger partial charge in [-0.2, -0.15) is 4.31 Å². The third-order valence-electron chi connectivity index (χ3n) is 5.27. The number of piperidine rings is 1. The highest BCUT2D eigenvalue weighted by Gasteiger charge is 2.47. The predicted octanol–water partition coefficient (Wildman–Crippen LogP) is 3.05. The van der Waals surface area contributed by atoms with Crippen molar-refractivity contribution in [1.82, 2.24) is 4.31 Å². The molecule has 1 aromatic rings. The molecule has 134 valence electrons. The molecule has 0 aromatic heterocycles. The summed E-state index contributed by atoms with van der Waals surface area (Å²) >= 11 is 6.06. The molecule has 0 radical (unpaired) electrons. The molecule has 2 atom stereocenters. The number of ether oxygens (including phenoxy) is 1. The fourth-order valence-electron chi connectivity index (χ4n) is 3.98. The van der Waals surface area contributed by atoms with E-state index in [4.69, 9.17) is 16.3 Å². The van der Waals surface area contributed by atoms with E-state index in [1.807, 2.05) is 6.92 Å². The van der Waals surface area contributed by atoms with Gasteiger partial charge in [-0.3, -0.25) is 0 Å². The maximum Gasteiger partial charge on any atom is 0.243 e. The second-order valence-corrected chi connectivity index (χ2v) is 9.08. The first-order valence-electron chi connectivity index (χ1n) is 8.50. The number of benzene rings is 1. The van der Waals surface area contributed by atoms with Gasteiger partial charge in [-0.05, 0) is 44.7 Å². The first-order valence-corrected chi connectivity index (χ1v) is 10.3. The normalized spacial score (nSPS) is 28.4. The van der Waals surface area contributed by atoms with Crippen LogP contribution in [0.3, 0.4) is 0 Å². The summed E-state index contributed by atoms with van der Waals surface area (Å²) in [6, 6.07) is 4.57. The van der Waals surface area contributed by atoms with E-state index in [0.29, 0.717) is 30.5 Å². The fraction of sp³-hybridized carbons (Fsp3) is 0.647. The molecular formula is C17H24ClNO4S. The summed E-state index contributed by atoms with van der Waals surface area (Å²) in [5, 5.41) is 10.8. The Labute approximate surface area is 148 Å². The van der Waals surface area contributed by atoms with E-state index in [9.17, 15) is 13.5 Å². The van der Waals surface area contributed by atoms with Crippen molar-refractivity contribution in [2.24, 2.45) is 5.41 Å². The summed E-state index contributed by atoms with van der Waals surface area (Å²) in [6.07, 6.45) is 3.89. The molecule has 2 aliphatic rings. The van der Waals surface area contributed by atoms with Crippen molar-refractivity contribution >= 4 is 21.6 Å². The summed E-state index contributed by atoms with van der Waals surface area (Å²) in [4.78, 5) is 0.194. The van der Waals surface area contributed by atoms with Crippen LogP contribution in [0, 0.1) is 5.41 Å². The Bertz CT molecular complexity index is 709. The van der Waals surface area contributed by atoms with Crippen LogP contribution >= 0.6 is 11.6 Å². The first kappa shape index (κ1) is 18.0. The van der Waals surface area contributed by atoms with Gasteiger partial charge in [-0.25, -0.2) is 8.42 Å². The van der Waals surface area contributed by atoms with Crippen LogP contribution in [0.1, 0.15) is 39.0 Å². The number of aliphatic hydroxyl groups is 1. The molecule has 7 heteroatoms. The van der Waals surface area contributed by atoms with Gasteiger partial charge in [0, 0.05) is 24.6 Å². The summed E-state index contributed by atoms with van der Waals surface area (Å²) < 4.78 is 33.0. The maximum atomic E-state index is 13.0. The molecule has 1 heterocycles. The van der Waals surface area contributed by atoms with Crippen LogP contribution in [-0.4, -0.2) is 43.6 Å².